The first-order valence-electron chi connectivity index (χ1n) is 12.7. The molecule has 1 aromatic heterocycles. The molecule has 0 bridgehead atoms. The van der Waals surface area contributed by atoms with Crippen molar-refractivity contribution in [3.05, 3.63) is 129 Å². The molecular weight excluding hydrogens is 539 g/mol. The van der Waals surface area contributed by atoms with Crippen molar-refractivity contribution in [2.24, 2.45) is 0 Å². The molecule has 2 atom stereocenters. The van der Waals surface area contributed by atoms with Gasteiger partial charge in [-0.15, -0.1) is 0 Å². The second-order valence-electron chi connectivity index (χ2n) is 9.51. The number of carbonyl (C=O) groups is 1. The zero-order chi connectivity index (χ0) is 29.3. The van der Waals surface area contributed by atoms with Gasteiger partial charge in [0.1, 0.15) is 30.4 Å². The van der Waals surface area contributed by atoms with E-state index in [0.717, 1.165) is 17.7 Å². The van der Waals surface area contributed by atoms with Crippen LogP contribution in [0.25, 0.3) is 0 Å². The molecule has 2 unspecified atom stereocenters. The summed E-state index contributed by atoms with van der Waals surface area (Å²) in [4.78, 5) is 28.0. The fraction of sp³-hybridized carbons (Fsp3) is 0.200. The molecule has 1 aliphatic heterocycles. The standard InChI is InChI=1S/C30H26F3N3O5/c1-34-26(12-14-37)36(27(19-9-5-6-10-21(19)31)20-15-22(32)23(33)16-25(20)39)35-13-11-24(38)29(28(35)30(34)40)41-17-18-7-3-2-4-8-18/h2-11,13,15-16,26-27,37,39H,12,14,17H2,1H3. The van der Waals surface area contributed by atoms with Crippen molar-refractivity contribution in [3.8, 4) is 11.5 Å². The van der Waals surface area contributed by atoms with Gasteiger partial charge in [-0.3, -0.25) is 19.3 Å². The molecule has 4 aromatic rings. The van der Waals surface area contributed by atoms with Crippen LogP contribution < -0.4 is 15.2 Å². The van der Waals surface area contributed by atoms with Gasteiger partial charge < -0.3 is 19.8 Å². The minimum atomic E-state index is -1.36. The molecule has 8 nitrogen and oxygen atoms in total. The number of amides is 1. The van der Waals surface area contributed by atoms with Crippen molar-refractivity contribution in [1.29, 1.82) is 0 Å². The van der Waals surface area contributed by atoms with Crippen LogP contribution in [0, 0.1) is 17.5 Å². The monoisotopic (exact) mass is 565 g/mol. The van der Waals surface area contributed by atoms with Gasteiger partial charge in [-0.1, -0.05) is 48.5 Å². The highest BCUT2D eigenvalue weighted by molar-refractivity contribution is 5.96. The summed E-state index contributed by atoms with van der Waals surface area (Å²) in [6.45, 7) is -0.440. The molecule has 5 rings (SSSR count). The average molecular weight is 566 g/mol. The number of phenols is 1. The van der Waals surface area contributed by atoms with Crippen molar-refractivity contribution >= 4 is 5.91 Å². The number of aliphatic hydroxyl groups is 1. The normalized spacial score (nSPS) is 15.5. The minimum Gasteiger partial charge on any atom is -0.507 e. The quantitative estimate of drug-likeness (QED) is 0.335. The van der Waals surface area contributed by atoms with Crippen LogP contribution in [0.1, 0.15) is 39.6 Å². The molecule has 0 aliphatic carbocycles. The number of aliphatic hydroxyl groups excluding tert-OH is 1. The molecule has 0 saturated heterocycles. The van der Waals surface area contributed by atoms with Crippen LogP contribution in [0.2, 0.25) is 0 Å². The van der Waals surface area contributed by atoms with Gasteiger partial charge in [-0.05, 0) is 17.7 Å². The summed E-state index contributed by atoms with van der Waals surface area (Å²) in [6, 6.07) is 15.6. The number of phenolic OH excluding ortho intramolecular Hbond substituents is 1. The van der Waals surface area contributed by atoms with Crippen molar-refractivity contribution in [1.82, 2.24) is 9.58 Å². The third kappa shape index (κ3) is 5.11. The molecule has 11 heteroatoms. The Balaban J connectivity index is 1.77. The van der Waals surface area contributed by atoms with E-state index in [-0.39, 0.29) is 35.6 Å². The zero-order valence-electron chi connectivity index (χ0n) is 21.9. The number of aromatic nitrogens is 1. The fourth-order valence-electron chi connectivity index (χ4n) is 5.05. The van der Waals surface area contributed by atoms with E-state index in [0.29, 0.717) is 6.07 Å². The lowest BCUT2D eigenvalue weighted by Crippen LogP contribution is -2.61. The molecule has 1 amide bonds. The van der Waals surface area contributed by atoms with E-state index in [4.69, 9.17) is 4.74 Å². The summed E-state index contributed by atoms with van der Waals surface area (Å²) in [6.07, 6.45) is 0.248. The Morgan fingerprint density at radius 1 is 0.902 bits per heavy atom. The van der Waals surface area contributed by atoms with Crippen LogP contribution in [0.15, 0.2) is 83.8 Å². The minimum absolute atomic E-state index is 0.0368. The molecule has 212 valence electrons. The van der Waals surface area contributed by atoms with Crippen LogP contribution in [-0.2, 0) is 6.61 Å². The molecule has 0 fully saturated rings. The molecule has 41 heavy (non-hydrogen) atoms. The molecule has 2 N–H and O–H groups in total. The second kappa shape index (κ2) is 11.4. The van der Waals surface area contributed by atoms with E-state index in [2.05, 4.69) is 0 Å². The van der Waals surface area contributed by atoms with Crippen LogP contribution >= 0.6 is 0 Å². The molecule has 0 radical (unpaired) electrons. The number of nitrogens with zero attached hydrogens (tertiary/aromatic N) is 3. The third-order valence-electron chi connectivity index (χ3n) is 7.00. The zero-order valence-corrected chi connectivity index (χ0v) is 21.9. The SMILES string of the molecule is CN1C(=O)c2c(OCc3ccccc3)c(=O)ccn2N(C(c2cc(F)c(F)cc2O)c2ccccc2F)C1CCO. The van der Waals surface area contributed by atoms with Crippen molar-refractivity contribution in [3.63, 3.8) is 0 Å². The predicted octanol–water partition coefficient (Wildman–Crippen LogP) is 4.07. The van der Waals surface area contributed by atoms with Crippen molar-refractivity contribution < 1.29 is 32.9 Å². The van der Waals surface area contributed by atoms with E-state index < -0.39 is 53.4 Å². The van der Waals surface area contributed by atoms with E-state index in [9.17, 15) is 28.6 Å². The first-order valence-corrected chi connectivity index (χ1v) is 12.7. The molecule has 3 aromatic carbocycles. The average Bonchev–Trinajstić information content (AvgIpc) is 2.96. The van der Waals surface area contributed by atoms with Crippen LogP contribution in [0.4, 0.5) is 13.2 Å². The number of benzene rings is 3. The van der Waals surface area contributed by atoms with E-state index in [1.54, 1.807) is 24.3 Å². The largest absolute Gasteiger partial charge is 0.507 e. The lowest BCUT2D eigenvalue weighted by Gasteiger charge is -2.49. The lowest BCUT2D eigenvalue weighted by atomic mass is 9.95. The highest BCUT2D eigenvalue weighted by Crippen LogP contribution is 2.40. The smallest absolute Gasteiger partial charge is 0.277 e. The highest BCUT2D eigenvalue weighted by atomic mass is 19.2. The summed E-state index contributed by atoms with van der Waals surface area (Å²) in [5.74, 6) is -4.89. The van der Waals surface area contributed by atoms with Crippen molar-refractivity contribution in [2.75, 3.05) is 18.7 Å². The number of ether oxygens (including phenoxy) is 1. The first kappa shape index (κ1) is 27.8. The lowest BCUT2D eigenvalue weighted by molar-refractivity contribution is 0.0575. The first-order chi connectivity index (χ1) is 19.7. The number of carbonyl (C=O) groups excluding carboxylic acids is 1. The van der Waals surface area contributed by atoms with Crippen LogP contribution in [-0.4, -0.2) is 45.5 Å². The van der Waals surface area contributed by atoms with Crippen LogP contribution in [0.5, 0.6) is 11.5 Å². The van der Waals surface area contributed by atoms with Gasteiger partial charge in [0.25, 0.3) is 5.91 Å². The molecular formula is C30H26F3N3O5. The van der Waals surface area contributed by atoms with Gasteiger partial charge in [0.15, 0.2) is 23.1 Å². The van der Waals surface area contributed by atoms with Gasteiger partial charge in [0.2, 0.25) is 5.43 Å². The number of rotatable bonds is 8. The predicted molar refractivity (Wildman–Crippen MR) is 144 cm³/mol. The Morgan fingerprint density at radius 3 is 2.29 bits per heavy atom. The summed E-state index contributed by atoms with van der Waals surface area (Å²) in [5.41, 5.74) is -0.315. The van der Waals surface area contributed by atoms with E-state index in [1.165, 1.54) is 52.1 Å². The molecule has 0 saturated carbocycles. The maximum Gasteiger partial charge on any atom is 0.277 e. The summed E-state index contributed by atoms with van der Waals surface area (Å²) < 4.78 is 51.2. The number of pyridine rings is 1. The summed E-state index contributed by atoms with van der Waals surface area (Å²) in [5, 5.41) is 22.1. The Bertz CT molecular complexity index is 1650. The number of hydrogen-bond donors (Lipinski definition) is 2. The van der Waals surface area contributed by atoms with E-state index >= 15 is 4.39 Å². The number of fused-ring (bicyclic) bond motifs is 1. The fourth-order valence-corrected chi connectivity index (χ4v) is 5.05. The highest BCUT2D eigenvalue weighted by Gasteiger charge is 2.43. The Labute approximate surface area is 233 Å². The van der Waals surface area contributed by atoms with Gasteiger partial charge in [-0.25, -0.2) is 13.2 Å². The second-order valence-corrected chi connectivity index (χ2v) is 9.51. The topological polar surface area (TPSA) is 95.2 Å². The van der Waals surface area contributed by atoms with Gasteiger partial charge >= 0.3 is 0 Å². The Morgan fingerprint density at radius 2 is 1.59 bits per heavy atom. The molecule has 2 heterocycles. The number of halogens is 3. The van der Waals surface area contributed by atoms with Gasteiger partial charge in [0.05, 0.1) is 0 Å². The van der Waals surface area contributed by atoms with Gasteiger partial charge in [0, 0.05) is 49.5 Å². The molecule has 1 aliphatic rings. The number of hydrogen-bond acceptors (Lipinski definition) is 6. The maximum absolute atomic E-state index is 15.4. The maximum atomic E-state index is 15.4. The summed E-state index contributed by atoms with van der Waals surface area (Å²) in [7, 11) is 1.43. The van der Waals surface area contributed by atoms with E-state index in [1.807, 2.05) is 6.07 Å². The Kier molecular flexibility index (Phi) is 7.71. The number of aromatic hydroxyl groups is 1. The molecule has 0 spiro atoms. The van der Waals surface area contributed by atoms with Gasteiger partial charge in [-0.2, -0.15) is 0 Å². The summed E-state index contributed by atoms with van der Waals surface area (Å²) >= 11 is 0. The van der Waals surface area contributed by atoms with Crippen molar-refractivity contribution in [2.45, 2.75) is 25.2 Å². The Hall–Kier alpha value is -4.77. The van der Waals surface area contributed by atoms with Crippen LogP contribution in [0.3, 0.4) is 0 Å². The third-order valence-corrected chi connectivity index (χ3v) is 7.00.